The second kappa shape index (κ2) is 7.07. The second-order valence-electron chi connectivity index (χ2n) is 5.79. The molecule has 0 spiro atoms. The number of rotatable bonds is 3. The van der Waals surface area contributed by atoms with Crippen molar-refractivity contribution in [3.05, 3.63) is 15.6 Å². The van der Waals surface area contributed by atoms with Crippen molar-refractivity contribution in [1.82, 2.24) is 15.6 Å². The lowest BCUT2D eigenvalue weighted by Gasteiger charge is -2.28. The third kappa shape index (κ3) is 4.20. The van der Waals surface area contributed by atoms with Crippen molar-refractivity contribution in [3.63, 3.8) is 0 Å². The summed E-state index contributed by atoms with van der Waals surface area (Å²) in [5.74, 6) is 1.72. The van der Waals surface area contributed by atoms with Crippen LogP contribution in [0, 0.1) is 19.8 Å². The van der Waals surface area contributed by atoms with Crippen LogP contribution in [0.5, 0.6) is 0 Å². The maximum Gasteiger partial charge on any atom is 0.191 e. The van der Waals surface area contributed by atoms with E-state index in [1.807, 2.05) is 7.05 Å². The average Bonchev–Trinajstić information content (AvgIpc) is 2.74. The highest BCUT2D eigenvalue weighted by Crippen LogP contribution is 2.23. The third-order valence-electron chi connectivity index (χ3n) is 3.98. The van der Waals surface area contributed by atoms with E-state index in [9.17, 15) is 0 Å². The molecule has 1 fully saturated rings. The summed E-state index contributed by atoms with van der Waals surface area (Å²) < 4.78 is 0. The molecule has 4 nitrogen and oxygen atoms in total. The van der Waals surface area contributed by atoms with E-state index < -0.39 is 0 Å². The van der Waals surface area contributed by atoms with Gasteiger partial charge < -0.3 is 10.6 Å². The standard InChI is InChI=1S/C15H26N4S/c1-10-6-5-7-13(8-10)19-15(16-4)17-9-14-18-11(2)12(3)20-14/h10,13H,5-9H2,1-4H3,(H2,16,17,19). The first-order valence-electron chi connectivity index (χ1n) is 7.48. The molecule has 1 aliphatic rings. The summed E-state index contributed by atoms with van der Waals surface area (Å²) in [5.41, 5.74) is 1.14. The SMILES string of the molecule is CN=C(NCc1nc(C)c(C)s1)NC1CCCC(C)C1. The van der Waals surface area contributed by atoms with Gasteiger partial charge in [0.15, 0.2) is 5.96 Å². The number of aryl methyl sites for hydroxylation is 2. The van der Waals surface area contributed by atoms with Gasteiger partial charge in [0.05, 0.1) is 12.2 Å². The van der Waals surface area contributed by atoms with E-state index in [2.05, 4.69) is 41.4 Å². The summed E-state index contributed by atoms with van der Waals surface area (Å²) in [7, 11) is 1.83. The molecule has 20 heavy (non-hydrogen) atoms. The van der Waals surface area contributed by atoms with E-state index in [1.54, 1.807) is 11.3 Å². The van der Waals surface area contributed by atoms with Crippen molar-refractivity contribution in [2.45, 2.75) is 59.0 Å². The van der Waals surface area contributed by atoms with Gasteiger partial charge in [-0.05, 0) is 32.6 Å². The third-order valence-corrected chi connectivity index (χ3v) is 5.05. The molecule has 2 atom stereocenters. The van der Waals surface area contributed by atoms with E-state index >= 15 is 0 Å². The van der Waals surface area contributed by atoms with E-state index in [4.69, 9.17) is 0 Å². The highest BCUT2D eigenvalue weighted by Gasteiger charge is 2.19. The lowest BCUT2D eigenvalue weighted by atomic mass is 9.87. The highest BCUT2D eigenvalue weighted by atomic mass is 32.1. The fourth-order valence-electron chi connectivity index (χ4n) is 2.73. The number of aromatic nitrogens is 1. The quantitative estimate of drug-likeness (QED) is 0.665. The summed E-state index contributed by atoms with van der Waals surface area (Å²) in [6.45, 7) is 7.27. The zero-order chi connectivity index (χ0) is 14.5. The van der Waals surface area contributed by atoms with Crippen LogP contribution in [0.3, 0.4) is 0 Å². The molecule has 0 amide bonds. The first kappa shape index (κ1) is 15.3. The molecule has 1 heterocycles. The number of hydrogen-bond acceptors (Lipinski definition) is 3. The van der Waals surface area contributed by atoms with Crippen molar-refractivity contribution in [2.75, 3.05) is 7.05 Å². The smallest absolute Gasteiger partial charge is 0.191 e. The summed E-state index contributed by atoms with van der Waals surface area (Å²) in [5, 5.41) is 8.04. The predicted octanol–water partition coefficient (Wildman–Crippen LogP) is 3.00. The molecule has 2 rings (SSSR count). The molecular weight excluding hydrogens is 268 g/mol. The van der Waals surface area contributed by atoms with Crippen LogP contribution in [0.25, 0.3) is 0 Å². The number of nitrogens with zero attached hydrogens (tertiary/aromatic N) is 2. The maximum atomic E-state index is 4.55. The van der Waals surface area contributed by atoms with Crippen LogP contribution in [0.2, 0.25) is 0 Å². The number of thiazole rings is 1. The summed E-state index contributed by atoms with van der Waals surface area (Å²) in [6.07, 6.45) is 5.18. The van der Waals surface area contributed by atoms with Gasteiger partial charge in [-0.1, -0.05) is 19.8 Å². The van der Waals surface area contributed by atoms with Gasteiger partial charge in [-0.15, -0.1) is 11.3 Å². The molecule has 1 saturated carbocycles. The van der Waals surface area contributed by atoms with Crippen molar-refractivity contribution in [3.8, 4) is 0 Å². The molecule has 0 bridgehead atoms. The fourth-order valence-corrected chi connectivity index (χ4v) is 3.60. The summed E-state index contributed by atoms with van der Waals surface area (Å²) in [6, 6.07) is 0.560. The Labute approximate surface area is 126 Å². The van der Waals surface area contributed by atoms with Crippen LogP contribution < -0.4 is 10.6 Å². The van der Waals surface area contributed by atoms with E-state index in [0.29, 0.717) is 6.04 Å². The van der Waals surface area contributed by atoms with Gasteiger partial charge in [-0.25, -0.2) is 4.98 Å². The van der Waals surface area contributed by atoms with Crippen LogP contribution in [-0.2, 0) is 6.54 Å². The Morgan fingerprint density at radius 3 is 2.80 bits per heavy atom. The van der Waals surface area contributed by atoms with Gasteiger partial charge in [0.1, 0.15) is 5.01 Å². The van der Waals surface area contributed by atoms with Gasteiger partial charge >= 0.3 is 0 Å². The van der Waals surface area contributed by atoms with E-state index in [1.165, 1.54) is 30.6 Å². The Kier molecular flexibility index (Phi) is 5.40. The Balaban J connectivity index is 1.83. The molecule has 0 aromatic carbocycles. The monoisotopic (exact) mass is 294 g/mol. The zero-order valence-electron chi connectivity index (χ0n) is 13.0. The fraction of sp³-hybridized carbons (Fsp3) is 0.733. The van der Waals surface area contributed by atoms with Gasteiger partial charge in [0.2, 0.25) is 0 Å². The van der Waals surface area contributed by atoms with Crippen LogP contribution in [-0.4, -0.2) is 24.0 Å². The lowest BCUT2D eigenvalue weighted by Crippen LogP contribution is -2.44. The Morgan fingerprint density at radius 2 is 2.20 bits per heavy atom. The molecule has 2 N–H and O–H groups in total. The molecule has 5 heteroatoms. The van der Waals surface area contributed by atoms with E-state index in [-0.39, 0.29) is 0 Å². The Hall–Kier alpha value is -1.10. The predicted molar refractivity (Wildman–Crippen MR) is 86.3 cm³/mol. The molecule has 1 aliphatic carbocycles. The van der Waals surface area contributed by atoms with Crippen LogP contribution >= 0.6 is 11.3 Å². The average molecular weight is 294 g/mol. The summed E-state index contributed by atoms with van der Waals surface area (Å²) >= 11 is 1.76. The number of aliphatic imine (C=N–C) groups is 1. The molecule has 0 aliphatic heterocycles. The first-order chi connectivity index (χ1) is 9.58. The van der Waals surface area contributed by atoms with E-state index in [0.717, 1.165) is 29.1 Å². The molecule has 112 valence electrons. The van der Waals surface area contributed by atoms with Crippen molar-refractivity contribution in [2.24, 2.45) is 10.9 Å². The molecule has 0 radical (unpaired) electrons. The van der Waals surface area contributed by atoms with Crippen molar-refractivity contribution >= 4 is 17.3 Å². The first-order valence-corrected chi connectivity index (χ1v) is 8.30. The van der Waals surface area contributed by atoms with Gasteiger partial charge in [0.25, 0.3) is 0 Å². The molecular formula is C15H26N4S. The topological polar surface area (TPSA) is 49.3 Å². The maximum absolute atomic E-state index is 4.55. The molecule has 0 saturated heterocycles. The van der Waals surface area contributed by atoms with Crippen molar-refractivity contribution in [1.29, 1.82) is 0 Å². The molecule has 1 aromatic heterocycles. The van der Waals surface area contributed by atoms with Crippen LogP contribution in [0.4, 0.5) is 0 Å². The Bertz CT molecular complexity index is 447. The number of hydrogen-bond donors (Lipinski definition) is 2. The van der Waals surface area contributed by atoms with Crippen molar-refractivity contribution < 1.29 is 0 Å². The second-order valence-corrected chi connectivity index (χ2v) is 7.08. The minimum absolute atomic E-state index is 0.560. The minimum atomic E-state index is 0.560. The highest BCUT2D eigenvalue weighted by molar-refractivity contribution is 7.11. The molecule has 2 unspecified atom stereocenters. The zero-order valence-corrected chi connectivity index (χ0v) is 13.8. The normalized spacial score (nSPS) is 23.7. The number of guanidine groups is 1. The van der Waals surface area contributed by atoms with Crippen LogP contribution in [0.15, 0.2) is 4.99 Å². The largest absolute Gasteiger partial charge is 0.354 e. The summed E-state index contributed by atoms with van der Waals surface area (Å²) in [4.78, 5) is 10.2. The van der Waals surface area contributed by atoms with Gasteiger partial charge in [0, 0.05) is 18.0 Å². The van der Waals surface area contributed by atoms with Gasteiger partial charge in [-0.3, -0.25) is 4.99 Å². The number of nitrogens with one attached hydrogen (secondary N) is 2. The molecule has 1 aromatic rings. The Morgan fingerprint density at radius 1 is 1.40 bits per heavy atom. The van der Waals surface area contributed by atoms with Gasteiger partial charge in [-0.2, -0.15) is 0 Å². The lowest BCUT2D eigenvalue weighted by molar-refractivity contribution is 0.324. The van der Waals surface area contributed by atoms with Crippen LogP contribution in [0.1, 0.15) is 48.2 Å². The minimum Gasteiger partial charge on any atom is -0.354 e.